The first-order valence-electron chi connectivity index (χ1n) is 5.99. The number of rotatable bonds is 3. The van der Waals surface area contributed by atoms with Crippen molar-refractivity contribution >= 4 is 23.2 Å². The van der Waals surface area contributed by atoms with Crippen LogP contribution < -0.4 is 11.1 Å². The summed E-state index contributed by atoms with van der Waals surface area (Å²) in [6.07, 6.45) is 0. The van der Waals surface area contributed by atoms with Gasteiger partial charge >= 0.3 is 0 Å². The van der Waals surface area contributed by atoms with Crippen molar-refractivity contribution in [1.82, 2.24) is 5.32 Å². The van der Waals surface area contributed by atoms with Gasteiger partial charge in [0.15, 0.2) is 0 Å². The molecule has 0 heterocycles. The van der Waals surface area contributed by atoms with Crippen LogP contribution in [0.15, 0.2) is 48.5 Å². The Labute approximate surface area is 117 Å². The molecule has 0 aliphatic carbocycles. The molecule has 0 saturated carbocycles. The number of hydrogen-bond donors (Lipinski definition) is 2. The second kappa shape index (κ2) is 5.76. The van der Waals surface area contributed by atoms with Crippen LogP contribution in [0.2, 0.25) is 5.02 Å². The van der Waals surface area contributed by atoms with E-state index in [1.807, 2.05) is 37.3 Å². The maximum absolute atomic E-state index is 12.2. The van der Waals surface area contributed by atoms with Gasteiger partial charge in [-0.1, -0.05) is 48.0 Å². The predicted octanol–water partition coefficient (Wildman–Crippen LogP) is 3.41. The molecule has 0 bridgehead atoms. The van der Waals surface area contributed by atoms with Crippen molar-refractivity contribution in [3.63, 3.8) is 0 Å². The SMILES string of the molecule is CC(NC(=O)c1cccc(N)c1Cl)c1ccccc1. The van der Waals surface area contributed by atoms with Crippen molar-refractivity contribution in [2.45, 2.75) is 13.0 Å². The largest absolute Gasteiger partial charge is 0.398 e. The molecule has 1 amide bonds. The minimum atomic E-state index is -0.228. The quantitative estimate of drug-likeness (QED) is 0.843. The van der Waals surface area contributed by atoms with Crippen molar-refractivity contribution in [1.29, 1.82) is 0 Å². The Morgan fingerprint density at radius 2 is 1.84 bits per heavy atom. The molecule has 2 aromatic carbocycles. The molecule has 1 atom stereocenters. The van der Waals surface area contributed by atoms with E-state index in [2.05, 4.69) is 5.32 Å². The zero-order valence-electron chi connectivity index (χ0n) is 10.6. The number of nitrogens with one attached hydrogen (secondary N) is 1. The van der Waals surface area contributed by atoms with Gasteiger partial charge in [-0.25, -0.2) is 0 Å². The fourth-order valence-corrected chi connectivity index (χ4v) is 2.04. The monoisotopic (exact) mass is 274 g/mol. The minimum Gasteiger partial charge on any atom is -0.398 e. The van der Waals surface area contributed by atoms with Gasteiger partial charge in [0.05, 0.1) is 22.3 Å². The van der Waals surface area contributed by atoms with Gasteiger partial charge < -0.3 is 11.1 Å². The van der Waals surface area contributed by atoms with E-state index in [0.29, 0.717) is 16.3 Å². The van der Waals surface area contributed by atoms with Crippen molar-refractivity contribution in [3.05, 3.63) is 64.7 Å². The summed E-state index contributed by atoms with van der Waals surface area (Å²) in [5, 5.41) is 3.19. The lowest BCUT2D eigenvalue weighted by Gasteiger charge is -2.15. The predicted molar refractivity (Wildman–Crippen MR) is 78.2 cm³/mol. The summed E-state index contributed by atoms with van der Waals surface area (Å²) in [4.78, 5) is 12.2. The number of carbonyl (C=O) groups excluding carboxylic acids is 1. The van der Waals surface area contributed by atoms with E-state index in [9.17, 15) is 4.79 Å². The highest BCUT2D eigenvalue weighted by atomic mass is 35.5. The molecule has 0 saturated heterocycles. The Hall–Kier alpha value is -2.00. The summed E-state index contributed by atoms with van der Waals surface area (Å²) >= 11 is 6.03. The van der Waals surface area contributed by atoms with Crippen molar-refractivity contribution in [2.24, 2.45) is 0 Å². The number of benzene rings is 2. The smallest absolute Gasteiger partial charge is 0.253 e. The Balaban J connectivity index is 2.16. The third kappa shape index (κ3) is 3.06. The van der Waals surface area contributed by atoms with E-state index < -0.39 is 0 Å². The molecule has 0 fully saturated rings. The first-order chi connectivity index (χ1) is 9.09. The molecule has 3 nitrogen and oxygen atoms in total. The summed E-state index contributed by atoms with van der Waals surface area (Å²) < 4.78 is 0. The first-order valence-corrected chi connectivity index (χ1v) is 6.37. The Kier molecular flexibility index (Phi) is 4.07. The van der Waals surface area contributed by atoms with E-state index in [1.54, 1.807) is 18.2 Å². The highest BCUT2D eigenvalue weighted by molar-refractivity contribution is 6.36. The second-order valence-electron chi connectivity index (χ2n) is 4.31. The van der Waals surface area contributed by atoms with E-state index >= 15 is 0 Å². The number of anilines is 1. The fraction of sp³-hybridized carbons (Fsp3) is 0.133. The van der Waals surface area contributed by atoms with Crippen LogP contribution in [0.1, 0.15) is 28.9 Å². The summed E-state index contributed by atoms with van der Waals surface area (Å²) in [6.45, 7) is 1.92. The molecular formula is C15H15ClN2O. The van der Waals surface area contributed by atoms with Crippen molar-refractivity contribution < 1.29 is 4.79 Å². The highest BCUT2D eigenvalue weighted by Gasteiger charge is 2.15. The molecule has 0 aliphatic heterocycles. The lowest BCUT2D eigenvalue weighted by Crippen LogP contribution is -2.27. The summed E-state index contributed by atoms with van der Waals surface area (Å²) in [6, 6.07) is 14.7. The van der Waals surface area contributed by atoms with Crippen LogP contribution in [0.3, 0.4) is 0 Å². The lowest BCUT2D eigenvalue weighted by atomic mass is 10.1. The number of nitrogen functional groups attached to an aromatic ring is 1. The molecule has 1 unspecified atom stereocenters. The summed E-state index contributed by atoms with van der Waals surface area (Å²) in [5.74, 6) is -0.228. The standard InChI is InChI=1S/C15H15ClN2O/c1-10(11-6-3-2-4-7-11)18-15(19)12-8-5-9-13(17)14(12)16/h2-10H,17H2,1H3,(H,18,19). The van der Waals surface area contributed by atoms with Gasteiger partial charge in [-0.3, -0.25) is 4.79 Å². The van der Waals surface area contributed by atoms with Crippen LogP contribution in [-0.2, 0) is 0 Å². The molecule has 2 aromatic rings. The zero-order chi connectivity index (χ0) is 13.8. The van der Waals surface area contributed by atoms with Gasteiger partial charge in [-0.15, -0.1) is 0 Å². The molecule has 0 radical (unpaired) electrons. The molecule has 98 valence electrons. The van der Waals surface area contributed by atoms with Gasteiger partial charge in [0.25, 0.3) is 5.91 Å². The average molecular weight is 275 g/mol. The molecule has 2 rings (SSSR count). The average Bonchev–Trinajstić information content (AvgIpc) is 2.42. The molecule has 4 heteroatoms. The summed E-state index contributed by atoms with van der Waals surface area (Å²) in [7, 11) is 0. The van der Waals surface area contributed by atoms with Crippen LogP contribution >= 0.6 is 11.6 Å². The second-order valence-corrected chi connectivity index (χ2v) is 4.69. The molecule has 0 aliphatic rings. The Bertz CT molecular complexity index is 584. The van der Waals surface area contributed by atoms with Crippen molar-refractivity contribution in [3.8, 4) is 0 Å². The molecule has 19 heavy (non-hydrogen) atoms. The number of hydrogen-bond acceptors (Lipinski definition) is 2. The van der Waals surface area contributed by atoms with Crippen LogP contribution in [0.4, 0.5) is 5.69 Å². The Morgan fingerprint density at radius 3 is 2.53 bits per heavy atom. The lowest BCUT2D eigenvalue weighted by molar-refractivity contribution is 0.0940. The van der Waals surface area contributed by atoms with Crippen LogP contribution in [-0.4, -0.2) is 5.91 Å². The van der Waals surface area contributed by atoms with Crippen LogP contribution in [0.5, 0.6) is 0 Å². The topological polar surface area (TPSA) is 55.1 Å². The number of amides is 1. The maximum atomic E-state index is 12.2. The van der Waals surface area contributed by atoms with Gasteiger partial charge in [0, 0.05) is 0 Å². The van der Waals surface area contributed by atoms with E-state index in [4.69, 9.17) is 17.3 Å². The molecule has 0 spiro atoms. The normalized spacial score (nSPS) is 11.9. The van der Waals surface area contributed by atoms with E-state index in [-0.39, 0.29) is 11.9 Å². The van der Waals surface area contributed by atoms with Crippen LogP contribution in [0, 0.1) is 0 Å². The number of carbonyl (C=O) groups is 1. The summed E-state index contributed by atoms with van der Waals surface area (Å²) in [5.41, 5.74) is 7.52. The van der Waals surface area contributed by atoms with E-state index in [1.165, 1.54) is 0 Å². The third-order valence-corrected chi connectivity index (χ3v) is 3.34. The minimum absolute atomic E-state index is 0.0915. The van der Waals surface area contributed by atoms with Crippen molar-refractivity contribution in [2.75, 3.05) is 5.73 Å². The van der Waals surface area contributed by atoms with Crippen LogP contribution in [0.25, 0.3) is 0 Å². The number of halogens is 1. The van der Waals surface area contributed by atoms with Gasteiger partial charge in [-0.2, -0.15) is 0 Å². The zero-order valence-corrected chi connectivity index (χ0v) is 11.3. The Morgan fingerprint density at radius 1 is 1.16 bits per heavy atom. The maximum Gasteiger partial charge on any atom is 0.253 e. The van der Waals surface area contributed by atoms with Gasteiger partial charge in [0.2, 0.25) is 0 Å². The first kappa shape index (κ1) is 13.4. The van der Waals surface area contributed by atoms with Gasteiger partial charge in [0.1, 0.15) is 0 Å². The highest BCUT2D eigenvalue weighted by Crippen LogP contribution is 2.23. The van der Waals surface area contributed by atoms with E-state index in [0.717, 1.165) is 5.56 Å². The molecule has 3 N–H and O–H groups in total. The molecule has 0 aromatic heterocycles. The third-order valence-electron chi connectivity index (χ3n) is 2.92. The fourth-order valence-electron chi connectivity index (χ4n) is 1.82. The molecular weight excluding hydrogens is 260 g/mol. The van der Waals surface area contributed by atoms with Gasteiger partial charge in [-0.05, 0) is 24.6 Å². The number of nitrogens with two attached hydrogens (primary N) is 1.